The van der Waals surface area contributed by atoms with Crippen LogP contribution in [0.3, 0.4) is 0 Å². The maximum atomic E-state index is 12.5. The molecular weight excluding hydrogens is 456 g/mol. The van der Waals surface area contributed by atoms with Crippen molar-refractivity contribution in [3.05, 3.63) is 73.3 Å². The second-order valence-corrected chi connectivity index (χ2v) is 7.85. The SMILES string of the molecule is COc1ccc(-n2c(O)c(C=Nc3cc4[nH]c(=O)[nH]c4cc3N3CCOCC3)c(=O)[nH]c2=O)cc1. The fourth-order valence-corrected chi connectivity index (χ4v) is 3.98. The van der Waals surface area contributed by atoms with Crippen molar-refractivity contribution < 1.29 is 14.6 Å². The van der Waals surface area contributed by atoms with E-state index in [0.29, 0.717) is 54.5 Å². The molecule has 0 spiro atoms. The molecule has 180 valence electrons. The molecule has 1 aliphatic heterocycles. The second kappa shape index (κ2) is 8.99. The number of fused-ring (bicyclic) bond motifs is 1. The average molecular weight is 478 g/mol. The van der Waals surface area contributed by atoms with Gasteiger partial charge in [-0.3, -0.25) is 14.8 Å². The van der Waals surface area contributed by atoms with Gasteiger partial charge >= 0.3 is 11.4 Å². The van der Waals surface area contributed by atoms with Gasteiger partial charge in [0.05, 0.1) is 48.4 Å². The van der Waals surface area contributed by atoms with Crippen LogP contribution in [0, 0.1) is 0 Å². The number of anilines is 1. The van der Waals surface area contributed by atoms with E-state index in [0.717, 1.165) is 10.3 Å². The molecule has 0 bridgehead atoms. The Morgan fingerprint density at radius 1 is 1.03 bits per heavy atom. The van der Waals surface area contributed by atoms with Gasteiger partial charge in [-0.1, -0.05) is 0 Å². The molecule has 0 atom stereocenters. The van der Waals surface area contributed by atoms with E-state index >= 15 is 0 Å². The number of aromatic hydroxyl groups is 1. The molecule has 0 aliphatic carbocycles. The van der Waals surface area contributed by atoms with Crippen molar-refractivity contribution in [2.45, 2.75) is 0 Å². The Balaban J connectivity index is 1.61. The first kappa shape index (κ1) is 22.2. The Kier molecular flexibility index (Phi) is 5.71. The predicted molar refractivity (Wildman–Crippen MR) is 130 cm³/mol. The number of H-pyrrole nitrogens is 3. The highest BCUT2D eigenvalue weighted by molar-refractivity contribution is 5.91. The minimum atomic E-state index is -0.796. The highest BCUT2D eigenvalue weighted by Gasteiger charge is 2.18. The highest BCUT2D eigenvalue weighted by Crippen LogP contribution is 2.33. The lowest BCUT2D eigenvalue weighted by molar-refractivity contribution is 0.123. The lowest BCUT2D eigenvalue weighted by atomic mass is 10.2. The van der Waals surface area contributed by atoms with E-state index in [1.807, 2.05) is 0 Å². The minimum Gasteiger partial charge on any atom is -0.497 e. The number of methoxy groups -OCH3 is 1. The van der Waals surface area contributed by atoms with E-state index in [2.05, 4.69) is 24.8 Å². The van der Waals surface area contributed by atoms with E-state index < -0.39 is 17.1 Å². The standard InChI is InChI=1S/C23H22N6O6/c1-34-14-4-2-13(3-5-14)29-21(31)15(20(30)27-23(29)33)12-24-18-10-16-17(26-22(32)25-16)11-19(18)28-6-8-35-9-7-28/h2-5,10-12,31H,6-9H2,1H3,(H2,25,26,32)(H,27,30,33). The molecule has 4 N–H and O–H groups in total. The fourth-order valence-electron chi connectivity index (χ4n) is 3.98. The molecule has 0 saturated carbocycles. The van der Waals surface area contributed by atoms with Crippen LogP contribution < -0.4 is 26.6 Å². The first-order valence-corrected chi connectivity index (χ1v) is 10.8. The van der Waals surface area contributed by atoms with Gasteiger partial charge in [-0.25, -0.2) is 14.2 Å². The van der Waals surface area contributed by atoms with Crippen LogP contribution in [0.5, 0.6) is 11.6 Å². The number of morpholine rings is 1. The zero-order valence-electron chi connectivity index (χ0n) is 18.7. The van der Waals surface area contributed by atoms with Crippen molar-refractivity contribution in [1.82, 2.24) is 19.5 Å². The summed E-state index contributed by atoms with van der Waals surface area (Å²) in [4.78, 5) is 51.0. The largest absolute Gasteiger partial charge is 0.497 e. The summed E-state index contributed by atoms with van der Waals surface area (Å²) < 4.78 is 11.5. The number of rotatable bonds is 5. The third-order valence-corrected chi connectivity index (χ3v) is 5.75. The van der Waals surface area contributed by atoms with Gasteiger partial charge in [0.25, 0.3) is 5.56 Å². The van der Waals surface area contributed by atoms with Crippen LogP contribution in [0.1, 0.15) is 5.56 Å². The first-order chi connectivity index (χ1) is 16.9. The van der Waals surface area contributed by atoms with Crippen LogP contribution in [0.25, 0.3) is 16.7 Å². The average Bonchev–Trinajstić information content (AvgIpc) is 3.23. The Labute approximate surface area is 197 Å². The summed E-state index contributed by atoms with van der Waals surface area (Å²) in [7, 11) is 1.51. The summed E-state index contributed by atoms with van der Waals surface area (Å²) in [5.74, 6) is 0.0121. The zero-order chi connectivity index (χ0) is 24.5. The van der Waals surface area contributed by atoms with Crippen LogP contribution in [0.2, 0.25) is 0 Å². The van der Waals surface area contributed by atoms with Crippen molar-refractivity contribution in [3.8, 4) is 17.3 Å². The Morgan fingerprint density at radius 3 is 2.40 bits per heavy atom. The number of aromatic amines is 3. The molecular formula is C23H22N6O6. The molecule has 12 nitrogen and oxygen atoms in total. The first-order valence-electron chi connectivity index (χ1n) is 10.8. The number of ether oxygens (including phenoxy) is 2. The topological polar surface area (TPSA) is 158 Å². The maximum absolute atomic E-state index is 12.5. The Bertz CT molecular complexity index is 1590. The normalized spacial score (nSPS) is 14.1. The lowest BCUT2D eigenvalue weighted by Gasteiger charge is -2.29. The van der Waals surface area contributed by atoms with Gasteiger partial charge in [-0.2, -0.15) is 0 Å². The molecule has 0 amide bonds. The second-order valence-electron chi connectivity index (χ2n) is 7.85. The van der Waals surface area contributed by atoms with Crippen molar-refractivity contribution in [3.63, 3.8) is 0 Å². The quantitative estimate of drug-likeness (QED) is 0.312. The minimum absolute atomic E-state index is 0.198. The number of benzene rings is 2. The van der Waals surface area contributed by atoms with Crippen LogP contribution in [0.4, 0.5) is 11.4 Å². The van der Waals surface area contributed by atoms with Crippen molar-refractivity contribution in [2.75, 3.05) is 38.3 Å². The number of aromatic nitrogens is 4. The number of nitrogens with one attached hydrogen (secondary N) is 3. The summed E-state index contributed by atoms with van der Waals surface area (Å²) in [6.45, 7) is 2.32. The van der Waals surface area contributed by atoms with Crippen LogP contribution in [0.15, 0.2) is 55.8 Å². The molecule has 1 saturated heterocycles. The highest BCUT2D eigenvalue weighted by atomic mass is 16.5. The van der Waals surface area contributed by atoms with Gasteiger partial charge in [-0.15, -0.1) is 0 Å². The Hall–Kier alpha value is -4.58. The van der Waals surface area contributed by atoms with Gasteiger partial charge in [0.2, 0.25) is 5.88 Å². The van der Waals surface area contributed by atoms with Crippen LogP contribution in [-0.2, 0) is 4.74 Å². The van der Waals surface area contributed by atoms with Crippen LogP contribution >= 0.6 is 0 Å². The molecule has 35 heavy (non-hydrogen) atoms. The summed E-state index contributed by atoms with van der Waals surface area (Å²) in [5, 5.41) is 10.8. The number of imidazole rings is 1. The summed E-state index contributed by atoms with van der Waals surface area (Å²) >= 11 is 0. The molecule has 4 aromatic rings. The molecule has 3 heterocycles. The van der Waals surface area contributed by atoms with Gasteiger partial charge in [0, 0.05) is 19.3 Å². The number of hydrogen-bond acceptors (Lipinski definition) is 8. The third-order valence-electron chi connectivity index (χ3n) is 5.75. The molecule has 1 aliphatic rings. The van der Waals surface area contributed by atoms with E-state index in [-0.39, 0.29) is 11.3 Å². The molecule has 12 heteroatoms. The number of aliphatic imine (C=N–C) groups is 1. The molecule has 1 fully saturated rings. The molecule has 0 unspecified atom stereocenters. The zero-order valence-corrected chi connectivity index (χ0v) is 18.7. The Morgan fingerprint density at radius 2 is 1.71 bits per heavy atom. The van der Waals surface area contributed by atoms with E-state index in [1.165, 1.54) is 13.3 Å². The summed E-state index contributed by atoms with van der Waals surface area (Å²) in [6.07, 6.45) is 1.20. The van der Waals surface area contributed by atoms with Crippen molar-refractivity contribution >= 4 is 28.6 Å². The van der Waals surface area contributed by atoms with E-state index in [9.17, 15) is 19.5 Å². The number of hydrogen-bond donors (Lipinski definition) is 4. The smallest absolute Gasteiger partial charge is 0.335 e. The van der Waals surface area contributed by atoms with Crippen molar-refractivity contribution in [2.24, 2.45) is 4.99 Å². The van der Waals surface area contributed by atoms with Gasteiger partial charge in [0.15, 0.2) is 0 Å². The summed E-state index contributed by atoms with van der Waals surface area (Å²) in [5.41, 5.74) is 0.553. The maximum Gasteiger partial charge on any atom is 0.335 e. The molecule has 2 aromatic carbocycles. The monoisotopic (exact) mass is 478 g/mol. The lowest BCUT2D eigenvalue weighted by Crippen LogP contribution is -2.36. The molecule has 5 rings (SSSR count). The predicted octanol–water partition coefficient (Wildman–Crippen LogP) is 0.997. The van der Waals surface area contributed by atoms with E-state index in [1.54, 1.807) is 36.4 Å². The van der Waals surface area contributed by atoms with Gasteiger partial charge < -0.3 is 29.4 Å². The molecule has 0 radical (unpaired) electrons. The summed E-state index contributed by atoms with van der Waals surface area (Å²) in [6, 6.07) is 9.88. The third kappa shape index (κ3) is 4.22. The molecule has 2 aromatic heterocycles. The van der Waals surface area contributed by atoms with Gasteiger partial charge in [-0.05, 0) is 36.4 Å². The fraction of sp³-hybridized carbons (Fsp3) is 0.217. The van der Waals surface area contributed by atoms with E-state index in [4.69, 9.17) is 9.47 Å². The van der Waals surface area contributed by atoms with Gasteiger partial charge in [0.1, 0.15) is 11.3 Å². The number of nitrogens with zero attached hydrogens (tertiary/aromatic N) is 3. The van der Waals surface area contributed by atoms with Crippen LogP contribution in [-0.4, -0.2) is 64.3 Å². The van der Waals surface area contributed by atoms with Crippen molar-refractivity contribution in [1.29, 1.82) is 0 Å².